The third-order valence-corrected chi connectivity index (χ3v) is 4.47. The molecule has 0 spiro atoms. The molecule has 0 bridgehead atoms. The van der Waals surface area contributed by atoms with Crippen LogP contribution >= 0.6 is 11.3 Å². The second kappa shape index (κ2) is 6.91. The van der Waals surface area contributed by atoms with E-state index in [9.17, 15) is 9.59 Å². The summed E-state index contributed by atoms with van der Waals surface area (Å²) in [5.41, 5.74) is 2.78. The third kappa shape index (κ3) is 3.95. The van der Waals surface area contributed by atoms with E-state index < -0.39 is 0 Å². The highest BCUT2D eigenvalue weighted by Gasteiger charge is 2.16. The Hall–Kier alpha value is -2.22. The third-order valence-electron chi connectivity index (χ3n) is 3.42. The molecule has 0 unspecified atom stereocenters. The van der Waals surface area contributed by atoms with Crippen LogP contribution in [0.5, 0.6) is 0 Å². The Morgan fingerprint density at radius 1 is 1.35 bits per heavy atom. The van der Waals surface area contributed by atoms with E-state index in [1.807, 2.05) is 24.4 Å². The van der Waals surface area contributed by atoms with Crippen molar-refractivity contribution in [1.29, 1.82) is 0 Å². The zero-order valence-corrected chi connectivity index (χ0v) is 14.8. The maximum absolute atomic E-state index is 12.1. The first-order chi connectivity index (χ1) is 10.8. The minimum Gasteiger partial charge on any atom is -0.354 e. The van der Waals surface area contributed by atoms with Gasteiger partial charge < -0.3 is 10.2 Å². The molecule has 0 saturated heterocycles. The Morgan fingerprint density at radius 2 is 2.04 bits per heavy atom. The molecule has 0 aliphatic carbocycles. The second-order valence-electron chi connectivity index (χ2n) is 5.55. The molecule has 0 radical (unpaired) electrons. The average Bonchev–Trinajstić information content (AvgIpc) is 3.02. The van der Waals surface area contributed by atoms with Crippen molar-refractivity contribution < 1.29 is 9.59 Å². The lowest BCUT2D eigenvalue weighted by atomic mass is 10.1. The quantitative estimate of drug-likeness (QED) is 0.810. The molecule has 0 aliphatic heterocycles. The van der Waals surface area contributed by atoms with Crippen LogP contribution < -0.4 is 10.2 Å². The predicted molar refractivity (Wildman–Crippen MR) is 90.0 cm³/mol. The zero-order valence-electron chi connectivity index (χ0n) is 14.0. The van der Waals surface area contributed by atoms with Gasteiger partial charge in [-0.05, 0) is 20.8 Å². The van der Waals surface area contributed by atoms with Gasteiger partial charge in [-0.15, -0.1) is 11.3 Å². The monoisotopic (exact) mass is 335 g/mol. The van der Waals surface area contributed by atoms with Crippen LogP contribution in [0.3, 0.4) is 0 Å². The summed E-state index contributed by atoms with van der Waals surface area (Å²) in [7, 11) is 3.85. The second-order valence-corrected chi connectivity index (χ2v) is 6.39. The maximum Gasteiger partial charge on any atom is 0.242 e. The van der Waals surface area contributed by atoms with Gasteiger partial charge >= 0.3 is 0 Å². The number of amides is 1. The number of nitrogens with one attached hydrogen (secondary N) is 1. The van der Waals surface area contributed by atoms with E-state index in [-0.39, 0.29) is 18.2 Å². The molecule has 2 aromatic rings. The van der Waals surface area contributed by atoms with Crippen molar-refractivity contribution in [3.63, 3.8) is 0 Å². The highest BCUT2D eigenvalue weighted by atomic mass is 32.1. The Balaban J connectivity index is 1.97. The fraction of sp³-hybridized carbons (Fsp3) is 0.467. The number of ketones is 1. The van der Waals surface area contributed by atoms with Gasteiger partial charge in [0.15, 0.2) is 10.9 Å². The lowest BCUT2D eigenvalue weighted by molar-refractivity contribution is -0.122. The number of Topliss-reactive ketones (excluding diaryl/α,β-unsaturated/α-hetero) is 1. The number of thiazole rings is 1. The average molecular weight is 335 g/mol. The van der Waals surface area contributed by atoms with Crippen LogP contribution in [-0.4, -0.2) is 40.6 Å². The number of carbonyl (C=O) groups excluding carboxylic acids is 2. The number of carbonyl (C=O) groups is 2. The van der Waals surface area contributed by atoms with Gasteiger partial charge in [0.25, 0.3) is 0 Å². The molecule has 0 aromatic carbocycles. The van der Waals surface area contributed by atoms with Crippen LogP contribution in [0, 0.1) is 13.8 Å². The molecule has 124 valence electrons. The summed E-state index contributed by atoms with van der Waals surface area (Å²) in [4.78, 5) is 30.0. The summed E-state index contributed by atoms with van der Waals surface area (Å²) in [6.07, 6.45) is 0. The lowest BCUT2D eigenvalue weighted by Crippen LogP contribution is -2.28. The normalized spacial score (nSPS) is 10.7. The van der Waals surface area contributed by atoms with Gasteiger partial charge in [0, 0.05) is 25.2 Å². The van der Waals surface area contributed by atoms with E-state index in [1.54, 1.807) is 18.5 Å². The SMILES string of the molecule is CC(=O)c1c(C)nn(CC(=O)NCc2csc(N(C)C)n2)c1C. The van der Waals surface area contributed by atoms with Gasteiger partial charge in [-0.3, -0.25) is 14.3 Å². The van der Waals surface area contributed by atoms with Crippen LogP contribution in [0.15, 0.2) is 5.38 Å². The maximum atomic E-state index is 12.1. The predicted octanol–water partition coefficient (Wildman–Crippen LogP) is 1.54. The van der Waals surface area contributed by atoms with Crippen molar-refractivity contribution in [3.8, 4) is 0 Å². The van der Waals surface area contributed by atoms with Crippen LogP contribution in [0.1, 0.15) is 34.4 Å². The van der Waals surface area contributed by atoms with Gasteiger partial charge in [-0.25, -0.2) is 4.98 Å². The number of aryl methyl sites for hydroxylation is 1. The van der Waals surface area contributed by atoms with Gasteiger partial charge in [-0.1, -0.05) is 0 Å². The smallest absolute Gasteiger partial charge is 0.242 e. The molecule has 2 rings (SSSR count). The molecule has 7 nitrogen and oxygen atoms in total. The largest absolute Gasteiger partial charge is 0.354 e. The van der Waals surface area contributed by atoms with Crippen LogP contribution in [0.2, 0.25) is 0 Å². The first-order valence-corrected chi connectivity index (χ1v) is 8.11. The molecule has 1 N–H and O–H groups in total. The van der Waals surface area contributed by atoms with E-state index in [0.29, 0.717) is 23.5 Å². The molecule has 0 aliphatic rings. The summed E-state index contributed by atoms with van der Waals surface area (Å²) in [5, 5.41) is 9.92. The van der Waals surface area contributed by atoms with Gasteiger partial charge in [0.05, 0.1) is 23.5 Å². The van der Waals surface area contributed by atoms with Crippen molar-refractivity contribution >= 4 is 28.2 Å². The Labute approximate surface area is 139 Å². The number of hydrogen-bond acceptors (Lipinski definition) is 6. The van der Waals surface area contributed by atoms with Gasteiger partial charge in [0.2, 0.25) is 5.91 Å². The van der Waals surface area contributed by atoms with Crippen molar-refractivity contribution in [2.45, 2.75) is 33.9 Å². The van der Waals surface area contributed by atoms with Crippen LogP contribution in [-0.2, 0) is 17.9 Å². The molecule has 0 saturated carbocycles. The minimum atomic E-state index is -0.162. The fourth-order valence-electron chi connectivity index (χ4n) is 2.32. The highest BCUT2D eigenvalue weighted by molar-refractivity contribution is 7.13. The number of nitrogens with zero attached hydrogens (tertiary/aromatic N) is 4. The molecular weight excluding hydrogens is 314 g/mol. The summed E-state index contributed by atoms with van der Waals surface area (Å²) in [6, 6.07) is 0. The lowest BCUT2D eigenvalue weighted by Gasteiger charge is -2.07. The van der Waals surface area contributed by atoms with Crippen molar-refractivity contribution in [2.24, 2.45) is 0 Å². The summed E-state index contributed by atoms with van der Waals surface area (Å²) in [6.45, 7) is 5.54. The molecule has 0 fully saturated rings. The summed E-state index contributed by atoms with van der Waals surface area (Å²) >= 11 is 1.53. The number of aromatic nitrogens is 3. The molecule has 1 amide bonds. The van der Waals surface area contributed by atoms with E-state index in [4.69, 9.17) is 0 Å². The molecule has 0 atom stereocenters. The minimum absolute atomic E-state index is 0.0367. The van der Waals surface area contributed by atoms with E-state index in [1.165, 1.54) is 18.3 Å². The molecule has 2 aromatic heterocycles. The Bertz CT molecular complexity index is 732. The topological polar surface area (TPSA) is 80.1 Å². The van der Waals surface area contributed by atoms with Crippen LogP contribution in [0.4, 0.5) is 5.13 Å². The number of rotatable bonds is 6. The number of anilines is 1. The fourth-order valence-corrected chi connectivity index (χ4v) is 3.08. The van der Waals surface area contributed by atoms with Crippen molar-refractivity contribution in [1.82, 2.24) is 20.1 Å². The summed E-state index contributed by atoms with van der Waals surface area (Å²) < 4.78 is 1.56. The van der Waals surface area contributed by atoms with E-state index in [2.05, 4.69) is 15.4 Å². The summed E-state index contributed by atoms with van der Waals surface area (Å²) in [5.74, 6) is -0.199. The number of hydrogen-bond donors (Lipinski definition) is 1. The molecule has 8 heteroatoms. The van der Waals surface area contributed by atoms with Crippen molar-refractivity contribution in [3.05, 3.63) is 28.0 Å². The van der Waals surface area contributed by atoms with Crippen LogP contribution in [0.25, 0.3) is 0 Å². The van der Waals surface area contributed by atoms with E-state index in [0.717, 1.165) is 10.8 Å². The van der Waals surface area contributed by atoms with E-state index >= 15 is 0 Å². The van der Waals surface area contributed by atoms with Crippen molar-refractivity contribution in [2.75, 3.05) is 19.0 Å². The first-order valence-electron chi connectivity index (χ1n) is 7.23. The van der Waals surface area contributed by atoms with Gasteiger partial charge in [-0.2, -0.15) is 5.10 Å². The first kappa shape index (κ1) is 17.1. The molecular formula is C15H21N5O2S. The zero-order chi connectivity index (χ0) is 17.1. The standard InChI is InChI=1S/C15H21N5O2S/c1-9-14(11(3)21)10(2)20(18-9)7-13(22)16-6-12-8-23-15(17-12)19(4)5/h8H,6-7H2,1-5H3,(H,16,22). The Morgan fingerprint density at radius 3 is 2.57 bits per heavy atom. The Kier molecular flexibility index (Phi) is 5.15. The molecule has 23 heavy (non-hydrogen) atoms. The highest BCUT2D eigenvalue weighted by Crippen LogP contribution is 2.17. The molecule has 2 heterocycles. The van der Waals surface area contributed by atoms with Gasteiger partial charge in [0.1, 0.15) is 6.54 Å².